The van der Waals surface area contributed by atoms with E-state index in [4.69, 9.17) is 5.26 Å². The molecule has 2 N–H and O–H groups in total. The Morgan fingerprint density at radius 3 is 2.76 bits per heavy atom. The summed E-state index contributed by atoms with van der Waals surface area (Å²) in [5.41, 5.74) is 1.22. The highest BCUT2D eigenvalue weighted by Crippen LogP contribution is 2.14. The molecule has 0 aliphatic heterocycles. The maximum absolute atomic E-state index is 11.9. The lowest BCUT2D eigenvalue weighted by atomic mass is 10.0. The molecule has 1 aromatic heterocycles. The van der Waals surface area contributed by atoms with Crippen LogP contribution in [0.5, 0.6) is 0 Å². The Kier molecular flexibility index (Phi) is 3.81. The van der Waals surface area contributed by atoms with E-state index in [1.807, 2.05) is 12.1 Å². The molecule has 0 bridgehead atoms. The molecule has 0 spiro atoms. The first kappa shape index (κ1) is 14.8. The van der Waals surface area contributed by atoms with E-state index in [2.05, 4.69) is 10.3 Å². The number of hydrogen-bond donors (Lipinski definition) is 2. The molecule has 5 nitrogen and oxygen atoms in total. The summed E-state index contributed by atoms with van der Waals surface area (Å²) in [6.07, 6.45) is 0.194. The number of carbonyl (C=O) groups excluding carboxylic acids is 1. The van der Waals surface area contributed by atoms with Crippen molar-refractivity contribution in [3.8, 4) is 6.07 Å². The molecule has 0 saturated heterocycles. The van der Waals surface area contributed by atoms with E-state index in [-0.39, 0.29) is 17.9 Å². The zero-order chi connectivity index (χ0) is 15.6. The number of nitrogens with zero attached hydrogens (tertiary/aromatic N) is 1. The van der Waals surface area contributed by atoms with Crippen LogP contribution in [0.2, 0.25) is 0 Å². The van der Waals surface area contributed by atoms with Gasteiger partial charge >= 0.3 is 0 Å². The van der Waals surface area contributed by atoms with Crippen LogP contribution < -0.4 is 10.9 Å². The minimum absolute atomic E-state index is 0.108. The second-order valence-corrected chi connectivity index (χ2v) is 5.66. The summed E-state index contributed by atoms with van der Waals surface area (Å²) in [6.45, 7) is 5.05. The van der Waals surface area contributed by atoms with Gasteiger partial charge in [0.25, 0.3) is 5.56 Å². The van der Waals surface area contributed by atoms with Gasteiger partial charge in [0.05, 0.1) is 12.5 Å². The molecule has 1 aromatic carbocycles. The largest absolute Gasteiger partial charge is 0.338 e. The molecule has 1 heterocycles. The monoisotopic (exact) mass is 283 g/mol. The van der Waals surface area contributed by atoms with Crippen molar-refractivity contribution in [1.29, 1.82) is 5.26 Å². The zero-order valence-corrected chi connectivity index (χ0v) is 12.3. The molecule has 0 fully saturated rings. The van der Waals surface area contributed by atoms with Gasteiger partial charge in [0.2, 0.25) is 5.91 Å². The molecule has 21 heavy (non-hydrogen) atoms. The number of nitrogens with one attached hydrogen (secondary N) is 2. The lowest BCUT2D eigenvalue weighted by Gasteiger charge is -2.17. The predicted octanol–water partition coefficient (Wildman–Crippen LogP) is 1.80. The Balaban J connectivity index is 2.24. The minimum atomic E-state index is -0.879. The van der Waals surface area contributed by atoms with Gasteiger partial charge < -0.3 is 10.3 Å². The van der Waals surface area contributed by atoms with Crippen LogP contribution >= 0.6 is 0 Å². The molecule has 1 amide bonds. The van der Waals surface area contributed by atoms with Crippen LogP contribution in [0.1, 0.15) is 25.0 Å². The van der Waals surface area contributed by atoms with Crippen LogP contribution in [0.25, 0.3) is 10.9 Å². The fourth-order valence-corrected chi connectivity index (χ4v) is 2.08. The van der Waals surface area contributed by atoms with E-state index in [1.165, 1.54) is 0 Å². The Hall–Kier alpha value is -2.61. The van der Waals surface area contributed by atoms with Crippen molar-refractivity contribution >= 4 is 16.8 Å². The molecule has 2 rings (SSSR count). The zero-order valence-electron chi connectivity index (χ0n) is 12.3. The van der Waals surface area contributed by atoms with E-state index in [1.54, 1.807) is 39.0 Å². The number of carbonyl (C=O) groups is 1. The molecule has 0 aliphatic rings. The number of benzene rings is 1. The van der Waals surface area contributed by atoms with Crippen molar-refractivity contribution in [3.63, 3.8) is 0 Å². The van der Waals surface area contributed by atoms with Crippen molar-refractivity contribution in [3.05, 3.63) is 45.7 Å². The number of aryl methyl sites for hydroxylation is 1. The molecule has 0 unspecified atom stereocenters. The average molecular weight is 283 g/mol. The van der Waals surface area contributed by atoms with Gasteiger partial charge in [-0.3, -0.25) is 9.59 Å². The third-order valence-electron chi connectivity index (χ3n) is 3.19. The summed E-state index contributed by atoms with van der Waals surface area (Å²) in [5.74, 6) is -0.206. The van der Waals surface area contributed by atoms with E-state index in [0.29, 0.717) is 5.56 Å². The number of pyridine rings is 1. The maximum atomic E-state index is 11.9. The summed E-state index contributed by atoms with van der Waals surface area (Å²) in [5, 5.41) is 12.5. The number of hydrogen-bond acceptors (Lipinski definition) is 3. The van der Waals surface area contributed by atoms with Crippen molar-refractivity contribution in [2.45, 2.75) is 32.7 Å². The van der Waals surface area contributed by atoms with Crippen LogP contribution in [0, 0.1) is 18.3 Å². The van der Waals surface area contributed by atoms with E-state index >= 15 is 0 Å². The van der Waals surface area contributed by atoms with Crippen LogP contribution in [-0.2, 0) is 11.2 Å². The number of nitriles is 1. The van der Waals surface area contributed by atoms with Gasteiger partial charge in [-0.05, 0) is 49.9 Å². The molecular weight excluding hydrogens is 266 g/mol. The van der Waals surface area contributed by atoms with Crippen molar-refractivity contribution in [2.75, 3.05) is 0 Å². The van der Waals surface area contributed by atoms with Gasteiger partial charge in [0.15, 0.2) is 0 Å². The van der Waals surface area contributed by atoms with Gasteiger partial charge in [0.1, 0.15) is 5.54 Å². The first-order valence-electron chi connectivity index (χ1n) is 6.65. The molecular formula is C16H17N3O2. The summed E-state index contributed by atoms with van der Waals surface area (Å²) in [7, 11) is 0. The first-order chi connectivity index (χ1) is 9.80. The second kappa shape index (κ2) is 5.41. The standard InChI is InChI=1S/C16H17N3O2/c1-10-6-12-7-11(4-5-13(12)18-15(10)21)8-14(20)19-16(2,3)9-17/h4-7H,8H2,1-3H3,(H,18,21)(H,19,20). The maximum Gasteiger partial charge on any atom is 0.251 e. The van der Waals surface area contributed by atoms with Crippen molar-refractivity contribution in [2.24, 2.45) is 0 Å². The lowest BCUT2D eigenvalue weighted by molar-refractivity contribution is -0.121. The van der Waals surface area contributed by atoms with Crippen molar-refractivity contribution in [1.82, 2.24) is 10.3 Å². The number of rotatable bonds is 3. The van der Waals surface area contributed by atoms with E-state index in [0.717, 1.165) is 16.5 Å². The molecule has 108 valence electrons. The lowest BCUT2D eigenvalue weighted by Crippen LogP contribution is -2.42. The molecule has 0 radical (unpaired) electrons. The number of amides is 1. The number of fused-ring (bicyclic) bond motifs is 1. The van der Waals surface area contributed by atoms with Crippen molar-refractivity contribution < 1.29 is 4.79 Å². The smallest absolute Gasteiger partial charge is 0.251 e. The average Bonchev–Trinajstić information content (AvgIpc) is 2.40. The Morgan fingerprint density at radius 2 is 2.10 bits per heavy atom. The normalized spacial score (nSPS) is 11.1. The third kappa shape index (κ3) is 3.48. The summed E-state index contributed by atoms with van der Waals surface area (Å²) < 4.78 is 0. The summed E-state index contributed by atoms with van der Waals surface area (Å²) in [4.78, 5) is 26.2. The molecule has 0 saturated carbocycles. The summed E-state index contributed by atoms with van der Waals surface area (Å²) >= 11 is 0. The predicted molar refractivity (Wildman–Crippen MR) is 80.8 cm³/mol. The SMILES string of the molecule is Cc1cc2cc(CC(=O)NC(C)(C)C#N)ccc2[nH]c1=O. The van der Waals surface area contributed by atoms with Crippen LogP contribution in [0.3, 0.4) is 0 Å². The topological polar surface area (TPSA) is 85.8 Å². The third-order valence-corrected chi connectivity index (χ3v) is 3.19. The van der Waals surface area contributed by atoms with Gasteiger partial charge in [-0.2, -0.15) is 5.26 Å². The van der Waals surface area contributed by atoms with E-state index < -0.39 is 5.54 Å². The Labute approximate surface area is 122 Å². The summed E-state index contributed by atoms with van der Waals surface area (Å²) in [6, 6.07) is 9.29. The molecule has 0 atom stereocenters. The minimum Gasteiger partial charge on any atom is -0.338 e. The highest BCUT2D eigenvalue weighted by Gasteiger charge is 2.19. The van der Waals surface area contributed by atoms with Crippen LogP contribution in [-0.4, -0.2) is 16.4 Å². The van der Waals surface area contributed by atoms with Gasteiger partial charge in [0, 0.05) is 11.1 Å². The molecule has 5 heteroatoms. The Morgan fingerprint density at radius 1 is 1.38 bits per heavy atom. The highest BCUT2D eigenvalue weighted by molar-refractivity contribution is 5.83. The quantitative estimate of drug-likeness (QED) is 0.900. The van der Waals surface area contributed by atoms with Gasteiger partial charge in [-0.25, -0.2) is 0 Å². The fourth-order valence-electron chi connectivity index (χ4n) is 2.08. The number of aromatic amines is 1. The molecule has 2 aromatic rings. The number of aromatic nitrogens is 1. The Bertz CT molecular complexity index is 797. The van der Waals surface area contributed by atoms with E-state index in [9.17, 15) is 9.59 Å². The van der Waals surface area contributed by atoms with Gasteiger partial charge in [-0.1, -0.05) is 6.07 Å². The second-order valence-electron chi connectivity index (χ2n) is 5.66. The molecule has 0 aliphatic carbocycles. The highest BCUT2D eigenvalue weighted by atomic mass is 16.1. The van der Waals surface area contributed by atoms with Crippen LogP contribution in [0.4, 0.5) is 0 Å². The first-order valence-corrected chi connectivity index (χ1v) is 6.65. The fraction of sp³-hybridized carbons (Fsp3) is 0.312. The number of H-pyrrole nitrogens is 1. The van der Waals surface area contributed by atoms with Gasteiger partial charge in [-0.15, -0.1) is 0 Å². The van der Waals surface area contributed by atoms with Crippen LogP contribution in [0.15, 0.2) is 29.1 Å².